The highest BCUT2D eigenvalue weighted by atomic mass is 19.4. The van der Waals surface area contributed by atoms with Gasteiger partial charge in [0.2, 0.25) is 0 Å². The van der Waals surface area contributed by atoms with E-state index in [9.17, 15) is 22.8 Å². The van der Waals surface area contributed by atoms with Crippen LogP contribution in [-0.4, -0.2) is 32.9 Å². The van der Waals surface area contributed by atoms with Crippen LogP contribution < -0.4 is 11.1 Å². The number of hydrogen-bond donors (Lipinski definition) is 2. The Hall–Kier alpha value is -2.26. The molecule has 1 aromatic rings. The van der Waals surface area contributed by atoms with Crippen molar-refractivity contribution < 1.29 is 27.5 Å². The van der Waals surface area contributed by atoms with Gasteiger partial charge in [-0.25, -0.2) is 4.79 Å². The quantitative estimate of drug-likeness (QED) is 0.870. The number of hydrogen-bond acceptors (Lipinski definition) is 4. The number of nitrogens with two attached hydrogens (primary N) is 1. The van der Waals surface area contributed by atoms with Crippen LogP contribution in [0, 0.1) is 0 Å². The fourth-order valence-corrected chi connectivity index (χ4v) is 1.87. The van der Waals surface area contributed by atoms with Crippen LogP contribution in [0.1, 0.15) is 50.8 Å². The molecular formula is C14H21F3N4O3. The standard InChI is InChI=1S/C14H21F3N4O3/c1-12(2,3)24-11(23)19-13(4,5)7-21-8(10(18)22)6-9(20-21)14(15,16)17/h6H,7H2,1-5H3,(H2,18,22)(H,19,23). The third-order valence-corrected chi connectivity index (χ3v) is 2.71. The van der Waals surface area contributed by atoms with Crippen LogP contribution in [0.15, 0.2) is 6.07 Å². The molecule has 0 aliphatic carbocycles. The Kier molecular flexibility index (Phi) is 5.22. The van der Waals surface area contributed by atoms with E-state index in [4.69, 9.17) is 10.5 Å². The number of aromatic nitrogens is 2. The van der Waals surface area contributed by atoms with Crippen LogP contribution in [0.3, 0.4) is 0 Å². The molecule has 24 heavy (non-hydrogen) atoms. The van der Waals surface area contributed by atoms with E-state index in [1.807, 2.05) is 0 Å². The SMILES string of the molecule is CC(C)(Cn1nc(C(F)(F)F)cc1C(N)=O)NC(=O)OC(C)(C)C. The van der Waals surface area contributed by atoms with E-state index >= 15 is 0 Å². The van der Waals surface area contributed by atoms with Crippen molar-refractivity contribution in [2.24, 2.45) is 5.73 Å². The smallest absolute Gasteiger partial charge is 0.435 e. The normalized spacial score (nSPS) is 12.8. The number of carbonyl (C=O) groups excluding carboxylic acids is 2. The van der Waals surface area contributed by atoms with Gasteiger partial charge in [0.1, 0.15) is 11.3 Å². The number of alkyl halides is 3. The molecular weight excluding hydrogens is 329 g/mol. The Labute approximate surface area is 137 Å². The minimum Gasteiger partial charge on any atom is -0.444 e. The third-order valence-electron chi connectivity index (χ3n) is 2.71. The van der Waals surface area contributed by atoms with Crippen molar-refractivity contribution in [3.05, 3.63) is 17.5 Å². The van der Waals surface area contributed by atoms with Gasteiger partial charge in [-0.15, -0.1) is 0 Å². The fraction of sp³-hybridized carbons (Fsp3) is 0.643. The van der Waals surface area contributed by atoms with E-state index in [0.29, 0.717) is 6.07 Å². The molecule has 1 rings (SSSR count). The van der Waals surface area contributed by atoms with E-state index in [0.717, 1.165) is 4.68 Å². The first-order valence-electron chi connectivity index (χ1n) is 7.07. The van der Waals surface area contributed by atoms with Crippen LogP contribution in [-0.2, 0) is 17.5 Å². The van der Waals surface area contributed by atoms with Gasteiger partial charge in [0, 0.05) is 6.07 Å². The molecule has 0 unspecified atom stereocenters. The molecule has 1 aromatic heterocycles. The fourth-order valence-electron chi connectivity index (χ4n) is 1.87. The molecule has 1 heterocycles. The Morgan fingerprint density at radius 1 is 1.25 bits per heavy atom. The lowest BCUT2D eigenvalue weighted by Gasteiger charge is -2.29. The summed E-state index contributed by atoms with van der Waals surface area (Å²) in [4.78, 5) is 23.2. The zero-order valence-corrected chi connectivity index (χ0v) is 14.1. The maximum Gasteiger partial charge on any atom is 0.435 e. The molecule has 3 N–H and O–H groups in total. The van der Waals surface area contributed by atoms with Crippen LogP contribution in [0.2, 0.25) is 0 Å². The average Bonchev–Trinajstić information content (AvgIpc) is 2.67. The third kappa shape index (κ3) is 5.74. The second-order valence-corrected chi connectivity index (χ2v) is 6.95. The van der Waals surface area contributed by atoms with Crippen molar-refractivity contribution in [2.75, 3.05) is 0 Å². The number of nitrogens with zero attached hydrogens (tertiary/aromatic N) is 2. The molecule has 136 valence electrons. The zero-order valence-electron chi connectivity index (χ0n) is 14.1. The van der Waals surface area contributed by atoms with E-state index < -0.39 is 40.7 Å². The van der Waals surface area contributed by atoms with Crippen LogP contribution in [0.5, 0.6) is 0 Å². The maximum absolute atomic E-state index is 12.8. The summed E-state index contributed by atoms with van der Waals surface area (Å²) in [5, 5.41) is 5.89. The largest absolute Gasteiger partial charge is 0.444 e. The van der Waals surface area contributed by atoms with Crippen molar-refractivity contribution >= 4 is 12.0 Å². The van der Waals surface area contributed by atoms with Gasteiger partial charge in [-0.1, -0.05) is 0 Å². The molecule has 0 atom stereocenters. The van der Waals surface area contributed by atoms with Crippen LogP contribution >= 0.6 is 0 Å². The first-order valence-corrected chi connectivity index (χ1v) is 7.07. The molecule has 0 fully saturated rings. The lowest BCUT2D eigenvalue weighted by atomic mass is 10.1. The first kappa shape index (κ1) is 19.8. The molecule has 10 heteroatoms. The molecule has 0 aromatic carbocycles. The molecule has 0 bridgehead atoms. The molecule has 0 radical (unpaired) electrons. The number of amides is 2. The van der Waals surface area contributed by atoms with Gasteiger partial charge < -0.3 is 15.8 Å². The van der Waals surface area contributed by atoms with Crippen LogP contribution in [0.4, 0.5) is 18.0 Å². The van der Waals surface area contributed by atoms with Gasteiger partial charge in [0.05, 0.1) is 12.1 Å². The number of ether oxygens (including phenoxy) is 1. The Morgan fingerprint density at radius 2 is 1.79 bits per heavy atom. The van der Waals surface area contributed by atoms with Gasteiger partial charge in [-0.05, 0) is 34.6 Å². The summed E-state index contributed by atoms with van der Waals surface area (Å²) >= 11 is 0. The minimum atomic E-state index is -4.71. The van der Waals surface area contributed by atoms with E-state index in [1.165, 1.54) is 0 Å². The van der Waals surface area contributed by atoms with Crippen molar-refractivity contribution in [1.29, 1.82) is 0 Å². The lowest BCUT2D eigenvalue weighted by Crippen LogP contribution is -2.49. The Balaban J connectivity index is 3.00. The van der Waals surface area contributed by atoms with Gasteiger partial charge in [0.15, 0.2) is 5.69 Å². The number of primary amides is 1. The summed E-state index contributed by atoms with van der Waals surface area (Å²) < 4.78 is 44.2. The highest BCUT2D eigenvalue weighted by Crippen LogP contribution is 2.29. The average molecular weight is 350 g/mol. The number of carbonyl (C=O) groups is 2. The molecule has 0 aliphatic heterocycles. The van der Waals surface area contributed by atoms with E-state index in [2.05, 4.69) is 10.4 Å². The first-order chi connectivity index (χ1) is 10.6. The maximum atomic E-state index is 12.8. The Bertz CT molecular complexity index is 630. The summed E-state index contributed by atoms with van der Waals surface area (Å²) in [7, 11) is 0. The lowest BCUT2D eigenvalue weighted by molar-refractivity contribution is -0.141. The topological polar surface area (TPSA) is 99.2 Å². The molecule has 2 amide bonds. The van der Waals surface area contributed by atoms with Crippen molar-refractivity contribution in [3.63, 3.8) is 0 Å². The van der Waals surface area contributed by atoms with Crippen molar-refractivity contribution in [2.45, 2.75) is 58.5 Å². The van der Waals surface area contributed by atoms with Gasteiger partial charge >= 0.3 is 12.3 Å². The monoisotopic (exact) mass is 350 g/mol. The predicted octanol–water partition coefficient (Wildman–Crippen LogP) is 2.30. The van der Waals surface area contributed by atoms with Crippen LogP contribution in [0.25, 0.3) is 0 Å². The second-order valence-electron chi connectivity index (χ2n) is 6.95. The minimum absolute atomic E-state index is 0.208. The van der Waals surface area contributed by atoms with Crippen molar-refractivity contribution in [1.82, 2.24) is 15.1 Å². The summed E-state index contributed by atoms with van der Waals surface area (Å²) in [5.74, 6) is -1.05. The number of alkyl carbamates (subject to hydrolysis) is 1. The highest BCUT2D eigenvalue weighted by Gasteiger charge is 2.36. The van der Waals surface area contributed by atoms with E-state index in [1.54, 1.807) is 34.6 Å². The summed E-state index contributed by atoms with van der Waals surface area (Å²) in [6.07, 6.45) is -5.45. The zero-order chi connectivity index (χ0) is 18.9. The second kappa shape index (κ2) is 6.33. The van der Waals surface area contributed by atoms with Gasteiger partial charge in [-0.3, -0.25) is 9.48 Å². The number of halogens is 3. The van der Waals surface area contributed by atoms with Crippen molar-refractivity contribution in [3.8, 4) is 0 Å². The van der Waals surface area contributed by atoms with Gasteiger partial charge in [0.25, 0.3) is 5.91 Å². The summed E-state index contributed by atoms with van der Waals surface area (Å²) in [6, 6.07) is 0.575. The molecule has 0 saturated heterocycles. The van der Waals surface area contributed by atoms with Gasteiger partial charge in [-0.2, -0.15) is 18.3 Å². The Morgan fingerprint density at radius 3 is 2.21 bits per heavy atom. The van der Waals surface area contributed by atoms with E-state index in [-0.39, 0.29) is 6.54 Å². The molecule has 0 spiro atoms. The summed E-state index contributed by atoms with van der Waals surface area (Å²) in [6.45, 7) is 7.92. The highest BCUT2D eigenvalue weighted by molar-refractivity contribution is 5.91. The number of rotatable bonds is 4. The predicted molar refractivity (Wildman–Crippen MR) is 79.2 cm³/mol. The molecule has 0 saturated carbocycles. The molecule has 7 nitrogen and oxygen atoms in total. The summed E-state index contributed by atoms with van der Waals surface area (Å²) in [5.41, 5.74) is 1.69. The molecule has 0 aliphatic rings. The number of nitrogens with one attached hydrogen (secondary N) is 1.